The molecule has 0 fully saturated rings. The third-order valence-electron chi connectivity index (χ3n) is 1.53. The van der Waals surface area contributed by atoms with E-state index in [2.05, 4.69) is 0 Å². The first kappa shape index (κ1) is 7.81. The fourth-order valence-corrected chi connectivity index (χ4v) is 0.860. The summed E-state index contributed by atoms with van der Waals surface area (Å²) in [6, 6.07) is 1.33. The molecule has 0 radical (unpaired) electrons. The van der Waals surface area contributed by atoms with E-state index in [1.165, 1.54) is 12.3 Å². The van der Waals surface area contributed by atoms with Crippen LogP contribution in [0.5, 0.6) is 5.75 Å². The minimum Gasteiger partial charge on any atom is -0.503 e. The monoisotopic (exact) mass is 154 g/mol. The molecule has 1 aromatic heterocycles. The van der Waals surface area contributed by atoms with Gasteiger partial charge in [0.25, 0.3) is 0 Å². The van der Waals surface area contributed by atoms with Crippen LogP contribution in [-0.2, 0) is 13.6 Å². The van der Waals surface area contributed by atoms with Crippen LogP contribution in [-0.4, -0.2) is 9.67 Å². The van der Waals surface area contributed by atoms with Gasteiger partial charge in [-0.3, -0.25) is 4.79 Å². The highest BCUT2D eigenvalue weighted by Gasteiger charge is 1.99. The van der Waals surface area contributed by atoms with Gasteiger partial charge in [-0.1, -0.05) is 0 Å². The van der Waals surface area contributed by atoms with Crippen LogP contribution in [0.15, 0.2) is 17.1 Å². The van der Waals surface area contributed by atoms with Crippen molar-refractivity contribution in [1.82, 2.24) is 4.57 Å². The summed E-state index contributed by atoms with van der Waals surface area (Å²) in [6.45, 7) is 0.298. The minimum atomic E-state index is -0.386. The molecular formula is C7H10N2O2. The van der Waals surface area contributed by atoms with Gasteiger partial charge in [-0.25, -0.2) is 0 Å². The highest BCUT2D eigenvalue weighted by Crippen LogP contribution is 2.01. The van der Waals surface area contributed by atoms with Gasteiger partial charge in [-0.05, 0) is 0 Å². The van der Waals surface area contributed by atoms with Gasteiger partial charge in [0.15, 0.2) is 5.75 Å². The summed E-state index contributed by atoms with van der Waals surface area (Å²) < 4.78 is 1.62. The van der Waals surface area contributed by atoms with Crippen LogP contribution >= 0.6 is 0 Å². The van der Waals surface area contributed by atoms with Crippen molar-refractivity contribution in [3.8, 4) is 5.75 Å². The lowest BCUT2D eigenvalue weighted by Crippen LogP contribution is -2.12. The number of nitrogens with two attached hydrogens (primary N) is 1. The summed E-state index contributed by atoms with van der Waals surface area (Å²) >= 11 is 0. The van der Waals surface area contributed by atoms with E-state index in [-0.39, 0.29) is 11.2 Å². The Morgan fingerprint density at radius 1 is 1.73 bits per heavy atom. The summed E-state index contributed by atoms with van der Waals surface area (Å²) in [4.78, 5) is 10.8. The van der Waals surface area contributed by atoms with Gasteiger partial charge < -0.3 is 15.4 Å². The van der Waals surface area contributed by atoms with E-state index in [0.717, 1.165) is 0 Å². The zero-order chi connectivity index (χ0) is 8.43. The number of hydrogen-bond donors (Lipinski definition) is 2. The molecule has 0 amide bonds. The molecular weight excluding hydrogens is 144 g/mol. The van der Waals surface area contributed by atoms with Gasteiger partial charge in [0.2, 0.25) is 5.43 Å². The third kappa shape index (κ3) is 1.40. The van der Waals surface area contributed by atoms with E-state index < -0.39 is 0 Å². The Hall–Kier alpha value is -1.29. The average molecular weight is 154 g/mol. The quantitative estimate of drug-likeness (QED) is 0.575. The Balaban J connectivity index is 3.32. The second-order valence-corrected chi connectivity index (χ2v) is 2.33. The summed E-state index contributed by atoms with van der Waals surface area (Å²) in [5, 5.41) is 8.95. The SMILES string of the molecule is Cn1cc(O)c(=O)cc1CN. The number of nitrogens with zero attached hydrogens (tertiary/aromatic N) is 1. The fraction of sp³-hybridized carbons (Fsp3) is 0.286. The molecule has 0 atom stereocenters. The largest absolute Gasteiger partial charge is 0.503 e. The first-order valence-corrected chi connectivity index (χ1v) is 3.23. The van der Waals surface area contributed by atoms with E-state index in [4.69, 9.17) is 10.8 Å². The lowest BCUT2D eigenvalue weighted by Gasteiger charge is -2.04. The molecule has 0 spiro atoms. The van der Waals surface area contributed by atoms with Crippen molar-refractivity contribution in [2.75, 3.05) is 0 Å². The molecule has 11 heavy (non-hydrogen) atoms. The number of rotatable bonds is 1. The van der Waals surface area contributed by atoms with E-state index in [9.17, 15) is 4.79 Å². The zero-order valence-electron chi connectivity index (χ0n) is 6.24. The van der Waals surface area contributed by atoms with Crippen LogP contribution in [0, 0.1) is 0 Å². The Morgan fingerprint density at radius 2 is 2.36 bits per heavy atom. The van der Waals surface area contributed by atoms with Gasteiger partial charge in [-0.2, -0.15) is 0 Å². The van der Waals surface area contributed by atoms with Crippen molar-refractivity contribution in [3.05, 3.63) is 28.2 Å². The second kappa shape index (κ2) is 2.75. The Morgan fingerprint density at radius 3 is 2.91 bits per heavy atom. The molecule has 0 aliphatic heterocycles. The molecule has 0 saturated heterocycles. The number of hydrogen-bond acceptors (Lipinski definition) is 3. The molecule has 0 aliphatic carbocycles. The van der Waals surface area contributed by atoms with E-state index in [0.29, 0.717) is 12.2 Å². The molecule has 0 bridgehead atoms. The molecule has 0 aliphatic rings. The first-order valence-electron chi connectivity index (χ1n) is 3.23. The molecule has 0 aromatic carbocycles. The standard InChI is InChI=1S/C7H10N2O2/c1-9-4-7(11)6(10)2-5(9)3-8/h2,4,11H,3,8H2,1H3. The maximum atomic E-state index is 10.8. The smallest absolute Gasteiger partial charge is 0.223 e. The fourth-order valence-electron chi connectivity index (χ4n) is 0.860. The molecule has 1 aromatic rings. The molecule has 0 unspecified atom stereocenters. The van der Waals surface area contributed by atoms with Crippen molar-refractivity contribution in [3.63, 3.8) is 0 Å². The normalized spacial score (nSPS) is 10.0. The maximum absolute atomic E-state index is 10.8. The molecule has 3 N–H and O–H groups in total. The maximum Gasteiger partial charge on any atom is 0.223 e. The van der Waals surface area contributed by atoms with Crippen LogP contribution in [0.4, 0.5) is 0 Å². The van der Waals surface area contributed by atoms with E-state index >= 15 is 0 Å². The van der Waals surface area contributed by atoms with Gasteiger partial charge in [0.05, 0.1) is 0 Å². The van der Waals surface area contributed by atoms with Gasteiger partial charge in [0.1, 0.15) is 0 Å². The zero-order valence-corrected chi connectivity index (χ0v) is 6.24. The number of aryl methyl sites for hydroxylation is 1. The van der Waals surface area contributed by atoms with Crippen LogP contribution in [0.2, 0.25) is 0 Å². The third-order valence-corrected chi connectivity index (χ3v) is 1.53. The minimum absolute atomic E-state index is 0.246. The van der Waals surface area contributed by atoms with Crippen molar-refractivity contribution >= 4 is 0 Å². The molecule has 60 valence electrons. The molecule has 4 nitrogen and oxygen atoms in total. The first-order chi connectivity index (χ1) is 5.15. The average Bonchev–Trinajstić information content (AvgIpc) is 1.97. The summed E-state index contributed by atoms with van der Waals surface area (Å²) in [5.41, 5.74) is 5.64. The molecule has 0 saturated carbocycles. The van der Waals surface area contributed by atoms with Crippen molar-refractivity contribution < 1.29 is 5.11 Å². The predicted molar refractivity (Wildman–Crippen MR) is 41.2 cm³/mol. The summed E-state index contributed by atoms with van der Waals surface area (Å²) in [7, 11) is 1.72. The van der Waals surface area contributed by atoms with Crippen molar-refractivity contribution in [2.45, 2.75) is 6.54 Å². The molecule has 1 rings (SSSR count). The topological polar surface area (TPSA) is 68.2 Å². The van der Waals surface area contributed by atoms with Crippen LogP contribution in [0.3, 0.4) is 0 Å². The molecule has 1 heterocycles. The number of pyridine rings is 1. The van der Waals surface area contributed by atoms with Crippen molar-refractivity contribution in [2.24, 2.45) is 12.8 Å². The van der Waals surface area contributed by atoms with E-state index in [1.54, 1.807) is 11.6 Å². The highest BCUT2D eigenvalue weighted by molar-refractivity contribution is 5.19. The van der Waals surface area contributed by atoms with Crippen molar-refractivity contribution in [1.29, 1.82) is 0 Å². The second-order valence-electron chi connectivity index (χ2n) is 2.33. The molecule has 4 heteroatoms. The summed E-state index contributed by atoms with van der Waals surface area (Å²) in [5.74, 6) is -0.246. The number of aromatic hydroxyl groups is 1. The Labute approximate surface area is 63.9 Å². The van der Waals surface area contributed by atoms with Gasteiger partial charge >= 0.3 is 0 Å². The van der Waals surface area contributed by atoms with Crippen LogP contribution in [0.1, 0.15) is 5.69 Å². The van der Waals surface area contributed by atoms with Crippen LogP contribution < -0.4 is 11.2 Å². The van der Waals surface area contributed by atoms with Gasteiger partial charge in [-0.15, -0.1) is 0 Å². The lowest BCUT2D eigenvalue weighted by molar-refractivity contribution is 0.462. The Kier molecular flexibility index (Phi) is 1.96. The van der Waals surface area contributed by atoms with Gasteiger partial charge in [0, 0.05) is 31.5 Å². The lowest BCUT2D eigenvalue weighted by atomic mass is 10.3. The predicted octanol–water partition coefficient (Wildman–Crippen LogP) is -0.450. The van der Waals surface area contributed by atoms with Crippen LogP contribution in [0.25, 0.3) is 0 Å². The highest BCUT2D eigenvalue weighted by atomic mass is 16.3. The Bertz CT molecular complexity index is 317. The number of aromatic nitrogens is 1. The van der Waals surface area contributed by atoms with E-state index in [1.807, 2.05) is 0 Å². The summed E-state index contributed by atoms with van der Waals surface area (Å²) in [6.07, 6.45) is 1.35.